The van der Waals surface area contributed by atoms with Crippen molar-refractivity contribution in [2.75, 3.05) is 35.0 Å². The second kappa shape index (κ2) is 21.0. The van der Waals surface area contributed by atoms with E-state index in [4.69, 9.17) is 18.9 Å². The molecule has 0 heterocycles. The van der Waals surface area contributed by atoms with Crippen LogP contribution in [0.3, 0.4) is 0 Å². The molecular weight excluding hydrogens is 480 g/mol. The molecular formula is C32H48O6. The van der Waals surface area contributed by atoms with Gasteiger partial charge in [0.2, 0.25) is 0 Å². The van der Waals surface area contributed by atoms with E-state index in [1.165, 1.54) is 44.9 Å². The van der Waals surface area contributed by atoms with Crippen LogP contribution in [-0.4, -0.2) is 41.0 Å². The third kappa shape index (κ3) is 14.1. The summed E-state index contributed by atoms with van der Waals surface area (Å²) in [5.41, 5.74) is 1.85. The van der Waals surface area contributed by atoms with Gasteiger partial charge >= 0.3 is 5.97 Å². The SMILES string of the molecule is CCCCCCCCCCCC(=O)Oc1cc(/C=C\c2cc(OC)cc(OC)c2)ccc1OCC.COC. The van der Waals surface area contributed by atoms with Crippen LogP contribution in [0.1, 0.15) is 89.2 Å². The average Bonchev–Trinajstić information content (AvgIpc) is 2.92. The summed E-state index contributed by atoms with van der Waals surface area (Å²) in [4.78, 5) is 12.5. The van der Waals surface area contributed by atoms with Crippen LogP contribution in [-0.2, 0) is 9.53 Å². The molecule has 0 fully saturated rings. The molecule has 2 aromatic rings. The molecule has 2 aromatic carbocycles. The number of esters is 1. The van der Waals surface area contributed by atoms with E-state index in [-0.39, 0.29) is 5.97 Å². The van der Waals surface area contributed by atoms with Crippen molar-refractivity contribution in [1.82, 2.24) is 0 Å². The van der Waals surface area contributed by atoms with Crippen molar-refractivity contribution in [3.05, 3.63) is 47.5 Å². The maximum absolute atomic E-state index is 12.5. The summed E-state index contributed by atoms with van der Waals surface area (Å²) < 4.78 is 26.3. The van der Waals surface area contributed by atoms with Gasteiger partial charge in [-0.15, -0.1) is 0 Å². The molecule has 2 rings (SSSR count). The number of ether oxygens (including phenoxy) is 5. The Morgan fingerprint density at radius 3 is 1.79 bits per heavy atom. The van der Waals surface area contributed by atoms with Crippen molar-refractivity contribution < 1.29 is 28.5 Å². The van der Waals surface area contributed by atoms with Gasteiger partial charge in [0.25, 0.3) is 0 Å². The lowest BCUT2D eigenvalue weighted by Crippen LogP contribution is -2.09. The van der Waals surface area contributed by atoms with Crippen molar-refractivity contribution in [3.63, 3.8) is 0 Å². The van der Waals surface area contributed by atoms with Crippen molar-refractivity contribution in [2.45, 2.75) is 78.1 Å². The summed E-state index contributed by atoms with van der Waals surface area (Å²) in [6.45, 7) is 4.66. The molecule has 0 bridgehead atoms. The third-order valence-electron chi connectivity index (χ3n) is 5.82. The van der Waals surface area contributed by atoms with E-state index < -0.39 is 0 Å². The number of carbonyl (C=O) groups is 1. The zero-order valence-corrected chi connectivity index (χ0v) is 24.3. The van der Waals surface area contributed by atoms with Gasteiger partial charge in [-0.3, -0.25) is 4.79 Å². The third-order valence-corrected chi connectivity index (χ3v) is 5.82. The van der Waals surface area contributed by atoms with Crippen LogP contribution >= 0.6 is 0 Å². The van der Waals surface area contributed by atoms with Crippen LogP contribution in [0.15, 0.2) is 36.4 Å². The van der Waals surface area contributed by atoms with Crippen LogP contribution in [0.2, 0.25) is 0 Å². The molecule has 0 aromatic heterocycles. The van der Waals surface area contributed by atoms with E-state index in [1.54, 1.807) is 28.4 Å². The zero-order chi connectivity index (χ0) is 28.0. The molecule has 0 aliphatic heterocycles. The summed E-state index contributed by atoms with van der Waals surface area (Å²) >= 11 is 0. The first kappa shape index (κ1) is 33.0. The van der Waals surface area contributed by atoms with Crippen molar-refractivity contribution in [1.29, 1.82) is 0 Å². The van der Waals surface area contributed by atoms with E-state index in [1.807, 2.05) is 55.5 Å². The van der Waals surface area contributed by atoms with E-state index >= 15 is 0 Å². The monoisotopic (exact) mass is 528 g/mol. The Hall–Kier alpha value is -2.99. The van der Waals surface area contributed by atoms with Crippen LogP contribution in [0.25, 0.3) is 12.2 Å². The molecule has 0 saturated heterocycles. The van der Waals surface area contributed by atoms with Gasteiger partial charge in [0.15, 0.2) is 11.5 Å². The lowest BCUT2D eigenvalue weighted by Gasteiger charge is -2.11. The minimum absolute atomic E-state index is 0.215. The highest BCUT2D eigenvalue weighted by molar-refractivity contribution is 5.75. The second-order valence-corrected chi connectivity index (χ2v) is 9.08. The molecule has 0 aliphatic rings. The van der Waals surface area contributed by atoms with Crippen molar-refractivity contribution in [3.8, 4) is 23.0 Å². The number of hydrogen-bond donors (Lipinski definition) is 0. The predicted octanol–water partition coefficient (Wildman–Crippen LogP) is 8.36. The molecule has 0 spiro atoms. The lowest BCUT2D eigenvalue weighted by molar-refractivity contribution is -0.134. The Balaban J connectivity index is 0.00000229. The van der Waals surface area contributed by atoms with Gasteiger partial charge in [0.05, 0.1) is 20.8 Å². The number of carbonyl (C=O) groups excluding carboxylic acids is 1. The molecule has 0 radical (unpaired) electrons. The Kier molecular flexibility index (Phi) is 18.3. The number of hydrogen-bond acceptors (Lipinski definition) is 6. The Bertz CT molecular complexity index is 915. The molecule has 6 nitrogen and oxygen atoms in total. The Morgan fingerprint density at radius 1 is 0.684 bits per heavy atom. The highest BCUT2D eigenvalue weighted by atomic mass is 16.6. The summed E-state index contributed by atoms with van der Waals surface area (Å²) in [6, 6.07) is 11.3. The fourth-order valence-electron chi connectivity index (χ4n) is 3.85. The van der Waals surface area contributed by atoms with Crippen LogP contribution in [0, 0.1) is 0 Å². The second-order valence-electron chi connectivity index (χ2n) is 9.08. The van der Waals surface area contributed by atoms with Gasteiger partial charge in [-0.25, -0.2) is 0 Å². The van der Waals surface area contributed by atoms with Gasteiger partial charge in [0, 0.05) is 26.7 Å². The fourth-order valence-corrected chi connectivity index (χ4v) is 3.85. The smallest absolute Gasteiger partial charge is 0.311 e. The normalized spacial score (nSPS) is 10.6. The summed E-state index contributed by atoms with van der Waals surface area (Å²) in [6.07, 6.45) is 15.3. The molecule has 0 unspecified atom stereocenters. The lowest BCUT2D eigenvalue weighted by atomic mass is 10.1. The Labute approximate surface area is 230 Å². The van der Waals surface area contributed by atoms with E-state index in [0.29, 0.717) is 24.5 Å². The summed E-state index contributed by atoms with van der Waals surface area (Å²) in [7, 11) is 6.51. The predicted molar refractivity (Wildman–Crippen MR) is 156 cm³/mol. The molecule has 6 heteroatoms. The molecule has 0 aliphatic carbocycles. The van der Waals surface area contributed by atoms with E-state index in [2.05, 4.69) is 11.7 Å². The van der Waals surface area contributed by atoms with Gasteiger partial charge < -0.3 is 23.7 Å². The van der Waals surface area contributed by atoms with Gasteiger partial charge in [-0.2, -0.15) is 0 Å². The summed E-state index contributed by atoms with van der Waals surface area (Å²) in [5.74, 6) is 2.27. The highest BCUT2D eigenvalue weighted by Crippen LogP contribution is 2.30. The Morgan fingerprint density at radius 2 is 1.24 bits per heavy atom. The molecule has 0 atom stereocenters. The topological polar surface area (TPSA) is 63.2 Å². The number of methoxy groups -OCH3 is 3. The quantitative estimate of drug-likeness (QED) is 0.0889. The van der Waals surface area contributed by atoms with Crippen molar-refractivity contribution in [2.24, 2.45) is 0 Å². The standard InChI is InChI=1S/C30H42O5.C2H6O/c1-5-7-8-9-10-11-12-13-14-15-30(31)35-29-22-24(18-19-28(29)34-6-2)16-17-25-20-26(32-3)23-27(21-25)33-4;1-3-2/h16-23H,5-15H2,1-4H3;1-2H3/b17-16-;. The maximum atomic E-state index is 12.5. The average molecular weight is 529 g/mol. The van der Waals surface area contributed by atoms with Crippen molar-refractivity contribution >= 4 is 18.1 Å². The first-order valence-corrected chi connectivity index (χ1v) is 13.8. The minimum atomic E-state index is -0.215. The molecule has 38 heavy (non-hydrogen) atoms. The van der Waals surface area contributed by atoms with Crippen LogP contribution in [0.5, 0.6) is 23.0 Å². The van der Waals surface area contributed by atoms with E-state index in [9.17, 15) is 4.79 Å². The molecule has 212 valence electrons. The van der Waals surface area contributed by atoms with Gasteiger partial charge in [-0.05, 0) is 48.7 Å². The number of unbranched alkanes of at least 4 members (excludes halogenated alkanes) is 8. The number of rotatable bonds is 17. The minimum Gasteiger partial charge on any atom is -0.497 e. The van der Waals surface area contributed by atoms with Crippen LogP contribution < -0.4 is 18.9 Å². The fraction of sp³-hybridized carbons (Fsp3) is 0.531. The first-order valence-electron chi connectivity index (χ1n) is 13.8. The highest BCUT2D eigenvalue weighted by Gasteiger charge is 2.11. The zero-order valence-electron chi connectivity index (χ0n) is 24.3. The number of benzene rings is 2. The molecule has 0 saturated carbocycles. The van der Waals surface area contributed by atoms with Gasteiger partial charge in [0.1, 0.15) is 11.5 Å². The van der Waals surface area contributed by atoms with Gasteiger partial charge in [-0.1, -0.05) is 76.5 Å². The van der Waals surface area contributed by atoms with Crippen LogP contribution in [0.4, 0.5) is 0 Å². The summed E-state index contributed by atoms with van der Waals surface area (Å²) in [5, 5.41) is 0. The van der Waals surface area contributed by atoms with E-state index in [0.717, 1.165) is 35.5 Å². The maximum Gasteiger partial charge on any atom is 0.311 e. The first-order chi connectivity index (χ1) is 18.5. The molecule has 0 N–H and O–H groups in total. The largest absolute Gasteiger partial charge is 0.497 e. The molecule has 0 amide bonds.